The smallest absolute Gasteiger partial charge is 0.226 e. The van der Waals surface area contributed by atoms with E-state index in [9.17, 15) is 9.90 Å². The summed E-state index contributed by atoms with van der Waals surface area (Å²) in [6.45, 7) is 2.04. The SMILES string of the molecule is CCCCc1occc(=O)c1O. The number of unbranched alkanes of at least 4 members (excludes halogenated alkanes) is 1. The van der Waals surface area contributed by atoms with Gasteiger partial charge < -0.3 is 9.52 Å². The minimum absolute atomic E-state index is 0.244. The molecule has 0 atom stereocenters. The van der Waals surface area contributed by atoms with Crippen molar-refractivity contribution in [3.8, 4) is 5.75 Å². The maximum Gasteiger partial charge on any atom is 0.226 e. The number of aryl methyl sites for hydroxylation is 1. The van der Waals surface area contributed by atoms with Gasteiger partial charge in [0.15, 0.2) is 0 Å². The Balaban J connectivity index is 2.85. The highest BCUT2D eigenvalue weighted by Gasteiger charge is 2.05. The van der Waals surface area contributed by atoms with Crippen molar-refractivity contribution >= 4 is 0 Å². The summed E-state index contributed by atoms with van der Waals surface area (Å²) in [6.07, 6.45) is 3.87. The highest BCUT2D eigenvalue weighted by molar-refractivity contribution is 5.22. The van der Waals surface area contributed by atoms with Crippen LogP contribution in [0.4, 0.5) is 0 Å². The van der Waals surface area contributed by atoms with Crippen LogP contribution >= 0.6 is 0 Å². The van der Waals surface area contributed by atoms with Crippen molar-refractivity contribution in [2.75, 3.05) is 0 Å². The van der Waals surface area contributed by atoms with Crippen LogP contribution in [0.25, 0.3) is 0 Å². The van der Waals surface area contributed by atoms with Gasteiger partial charge in [-0.25, -0.2) is 0 Å². The van der Waals surface area contributed by atoms with Crippen molar-refractivity contribution in [1.82, 2.24) is 0 Å². The second-order valence-electron chi connectivity index (χ2n) is 2.66. The predicted molar refractivity (Wildman–Crippen MR) is 45.3 cm³/mol. The summed E-state index contributed by atoms with van der Waals surface area (Å²) in [4.78, 5) is 10.9. The molecule has 0 aliphatic heterocycles. The average Bonchev–Trinajstić information content (AvgIpc) is 2.08. The molecule has 0 amide bonds. The Morgan fingerprint density at radius 2 is 2.33 bits per heavy atom. The molecule has 1 rings (SSSR count). The van der Waals surface area contributed by atoms with Crippen molar-refractivity contribution in [2.24, 2.45) is 0 Å². The predicted octanol–water partition coefficient (Wildman–Crippen LogP) is 1.69. The fourth-order valence-corrected chi connectivity index (χ4v) is 0.965. The Bertz CT molecular complexity index is 301. The Kier molecular flexibility index (Phi) is 2.91. The molecule has 0 saturated carbocycles. The molecule has 0 radical (unpaired) electrons. The van der Waals surface area contributed by atoms with E-state index in [1.807, 2.05) is 6.92 Å². The van der Waals surface area contributed by atoms with Crippen molar-refractivity contribution < 1.29 is 9.52 Å². The van der Waals surface area contributed by atoms with Gasteiger partial charge in [0.2, 0.25) is 11.2 Å². The molecular formula is C9H12O3. The lowest BCUT2D eigenvalue weighted by Crippen LogP contribution is -2.00. The van der Waals surface area contributed by atoms with Crippen LogP contribution in [0.2, 0.25) is 0 Å². The Morgan fingerprint density at radius 1 is 1.58 bits per heavy atom. The zero-order valence-electron chi connectivity index (χ0n) is 7.04. The first-order valence-electron chi connectivity index (χ1n) is 4.05. The lowest BCUT2D eigenvalue weighted by atomic mass is 10.2. The Morgan fingerprint density at radius 3 is 3.00 bits per heavy atom. The molecule has 0 spiro atoms. The van der Waals surface area contributed by atoms with Crippen LogP contribution in [0.15, 0.2) is 21.5 Å². The standard InChI is InChI=1S/C9H12O3/c1-2-3-4-8-9(11)7(10)5-6-12-8/h5-6,11H,2-4H2,1H3. The van der Waals surface area contributed by atoms with E-state index < -0.39 is 0 Å². The van der Waals surface area contributed by atoms with Crippen LogP contribution in [0.1, 0.15) is 25.5 Å². The first kappa shape index (κ1) is 8.84. The molecule has 0 aliphatic carbocycles. The zero-order chi connectivity index (χ0) is 8.97. The lowest BCUT2D eigenvalue weighted by Gasteiger charge is -1.99. The highest BCUT2D eigenvalue weighted by atomic mass is 16.4. The maximum atomic E-state index is 10.9. The summed E-state index contributed by atoms with van der Waals surface area (Å²) < 4.78 is 4.99. The largest absolute Gasteiger partial charge is 0.502 e. The third-order valence-corrected chi connectivity index (χ3v) is 1.68. The van der Waals surface area contributed by atoms with Gasteiger partial charge in [0.05, 0.1) is 6.26 Å². The molecule has 12 heavy (non-hydrogen) atoms. The van der Waals surface area contributed by atoms with E-state index in [1.54, 1.807) is 0 Å². The van der Waals surface area contributed by atoms with E-state index in [2.05, 4.69) is 0 Å². The first-order valence-corrected chi connectivity index (χ1v) is 4.05. The molecule has 1 aromatic rings. The summed E-state index contributed by atoms with van der Waals surface area (Å²) >= 11 is 0. The van der Waals surface area contributed by atoms with E-state index in [-0.39, 0.29) is 11.2 Å². The third kappa shape index (κ3) is 1.87. The molecule has 3 nitrogen and oxygen atoms in total. The molecule has 0 aromatic carbocycles. The summed E-state index contributed by atoms with van der Waals surface area (Å²) in [6, 6.07) is 1.21. The van der Waals surface area contributed by atoms with Crippen LogP contribution in [0, 0.1) is 0 Å². The monoisotopic (exact) mass is 168 g/mol. The van der Waals surface area contributed by atoms with Gasteiger partial charge in [0.1, 0.15) is 5.76 Å². The van der Waals surface area contributed by atoms with E-state index in [1.165, 1.54) is 12.3 Å². The fourth-order valence-electron chi connectivity index (χ4n) is 0.965. The normalized spacial score (nSPS) is 10.1. The van der Waals surface area contributed by atoms with E-state index in [4.69, 9.17) is 4.42 Å². The maximum absolute atomic E-state index is 10.9. The van der Waals surface area contributed by atoms with Gasteiger partial charge >= 0.3 is 0 Å². The molecule has 0 saturated heterocycles. The van der Waals surface area contributed by atoms with Crippen LogP contribution in [-0.2, 0) is 6.42 Å². The zero-order valence-corrected chi connectivity index (χ0v) is 7.04. The van der Waals surface area contributed by atoms with Gasteiger partial charge in [-0.05, 0) is 6.42 Å². The lowest BCUT2D eigenvalue weighted by molar-refractivity contribution is 0.396. The number of rotatable bonds is 3. The summed E-state index contributed by atoms with van der Waals surface area (Å²) in [5, 5.41) is 9.22. The van der Waals surface area contributed by atoms with Crippen LogP contribution in [-0.4, -0.2) is 5.11 Å². The third-order valence-electron chi connectivity index (χ3n) is 1.68. The number of hydrogen-bond acceptors (Lipinski definition) is 3. The summed E-state index contributed by atoms with van der Waals surface area (Å²) in [5.41, 5.74) is -0.368. The van der Waals surface area contributed by atoms with E-state index in [0.717, 1.165) is 12.8 Å². The first-order chi connectivity index (χ1) is 5.75. The van der Waals surface area contributed by atoms with Crippen LogP contribution in [0.3, 0.4) is 0 Å². The molecule has 1 N–H and O–H groups in total. The van der Waals surface area contributed by atoms with Gasteiger partial charge in [0, 0.05) is 12.5 Å². The molecule has 1 aromatic heterocycles. The summed E-state index contributed by atoms with van der Waals surface area (Å²) in [7, 11) is 0. The molecule has 0 bridgehead atoms. The van der Waals surface area contributed by atoms with Crippen molar-refractivity contribution in [3.05, 3.63) is 28.3 Å². The fraction of sp³-hybridized carbons (Fsp3) is 0.444. The Labute approximate surface area is 70.7 Å². The van der Waals surface area contributed by atoms with Gasteiger partial charge in [-0.1, -0.05) is 13.3 Å². The van der Waals surface area contributed by atoms with E-state index in [0.29, 0.717) is 12.2 Å². The molecule has 66 valence electrons. The number of aromatic hydroxyl groups is 1. The van der Waals surface area contributed by atoms with Crippen molar-refractivity contribution in [1.29, 1.82) is 0 Å². The quantitative estimate of drug-likeness (QED) is 0.747. The minimum atomic E-state index is -0.368. The van der Waals surface area contributed by atoms with Gasteiger partial charge in [0.25, 0.3) is 0 Å². The second-order valence-corrected chi connectivity index (χ2v) is 2.66. The van der Waals surface area contributed by atoms with Gasteiger partial charge in [-0.2, -0.15) is 0 Å². The Hall–Kier alpha value is -1.25. The second kappa shape index (κ2) is 3.95. The molecule has 1 heterocycles. The van der Waals surface area contributed by atoms with Crippen LogP contribution in [0.5, 0.6) is 5.75 Å². The highest BCUT2D eigenvalue weighted by Crippen LogP contribution is 2.13. The van der Waals surface area contributed by atoms with E-state index >= 15 is 0 Å². The van der Waals surface area contributed by atoms with Gasteiger partial charge in [-0.3, -0.25) is 4.79 Å². The molecule has 3 heteroatoms. The van der Waals surface area contributed by atoms with Gasteiger partial charge in [-0.15, -0.1) is 0 Å². The molecule has 0 fully saturated rings. The average molecular weight is 168 g/mol. The van der Waals surface area contributed by atoms with Crippen molar-refractivity contribution in [3.63, 3.8) is 0 Å². The minimum Gasteiger partial charge on any atom is -0.502 e. The molecule has 0 aliphatic rings. The number of hydrogen-bond donors (Lipinski definition) is 1. The topological polar surface area (TPSA) is 50.4 Å². The van der Waals surface area contributed by atoms with Crippen LogP contribution < -0.4 is 5.43 Å². The summed E-state index contributed by atoms with van der Waals surface area (Å²) in [5.74, 6) is 0.148. The van der Waals surface area contributed by atoms with Crippen molar-refractivity contribution in [2.45, 2.75) is 26.2 Å². The molecular weight excluding hydrogens is 156 g/mol. The molecule has 0 unspecified atom stereocenters.